The van der Waals surface area contributed by atoms with Crippen molar-refractivity contribution in [2.24, 2.45) is 0 Å². The number of aromatic nitrogens is 2. The molecule has 0 saturated carbocycles. The third-order valence-corrected chi connectivity index (χ3v) is 4.80. The summed E-state index contributed by atoms with van der Waals surface area (Å²) in [6.07, 6.45) is 6.15. The van der Waals surface area contributed by atoms with Crippen molar-refractivity contribution in [1.82, 2.24) is 14.9 Å². The van der Waals surface area contributed by atoms with Crippen molar-refractivity contribution in [3.05, 3.63) is 54.6 Å². The molecule has 6 nitrogen and oxygen atoms in total. The van der Waals surface area contributed by atoms with Gasteiger partial charge in [0.25, 0.3) is 0 Å². The number of para-hydroxylation sites is 1. The van der Waals surface area contributed by atoms with Gasteiger partial charge in [0.1, 0.15) is 11.2 Å². The molecule has 0 unspecified atom stereocenters. The van der Waals surface area contributed by atoms with Crippen molar-refractivity contribution < 1.29 is 12.9 Å². The molecule has 22 heavy (non-hydrogen) atoms. The number of hydrogen-bond donors (Lipinski definition) is 1. The lowest BCUT2D eigenvalue weighted by atomic mass is 10.2. The fraction of sp³-hybridized carbons (Fsp3) is 0.200. The van der Waals surface area contributed by atoms with Crippen molar-refractivity contribution >= 4 is 20.9 Å². The second-order valence-corrected chi connectivity index (χ2v) is 6.60. The van der Waals surface area contributed by atoms with Crippen LogP contribution in [0.5, 0.6) is 0 Å². The number of pyridine rings is 1. The van der Waals surface area contributed by atoms with Crippen molar-refractivity contribution in [3.63, 3.8) is 0 Å². The standard InChI is InChI=1S/C15H15N3O3S/c19-22(20,18-9-2-4-12-10-17-21-11-12)14-7-1-5-13-6-3-8-16-15(13)14/h1,3,5-8,10-11,18H,2,4,9H2. The first kappa shape index (κ1) is 14.7. The van der Waals surface area contributed by atoms with E-state index in [9.17, 15) is 8.42 Å². The number of rotatable bonds is 6. The SMILES string of the molecule is O=S(=O)(NCCCc1cnoc1)c1cccc2cccnc12. The molecule has 0 spiro atoms. The third-order valence-electron chi connectivity index (χ3n) is 3.30. The van der Waals surface area contributed by atoms with Crippen LogP contribution in [-0.4, -0.2) is 25.1 Å². The highest BCUT2D eigenvalue weighted by molar-refractivity contribution is 7.89. The predicted octanol–water partition coefficient (Wildman–Crippen LogP) is 2.13. The molecular weight excluding hydrogens is 302 g/mol. The number of nitrogens with zero attached hydrogens (tertiary/aromatic N) is 2. The van der Waals surface area contributed by atoms with Crippen LogP contribution in [-0.2, 0) is 16.4 Å². The van der Waals surface area contributed by atoms with Gasteiger partial charge in [-0.3, -0.25) is 4.98 Å². The minimum Gasteiger partial charge on any atom is -0.364 e. The normalized spacial score (nSPS) is 11.8. The topological polar surface area (TPSA) is 85.1 Å². The van der Waals surface area contributed by atoms with Crippen LogP contribution >= 0.6 is 0 Å². The molecule has 1 aromatic carbocycles. The molecule has 1 N–H and O–H groups in total. The molecule has 2 heterocycles. The van der Waals surface area contributed by atoms with E-state index in [-0.39, 0.29) is 4.90 Å². The summed E-state index contributed by atoms with van der Waals surface area (Å²) < 4.78 is 32.2. The summed E-state index contributed by atoms with van der Waals surface area (Å²) in [4.78, 5) is 4.38. The zero-order valence-electron chi connectivity index (χ0n) is 11.8. The molecule has 0 atom stereocenters. The van der Waals surface area contributed by atoms with Gasteiger partial charge < -0.3 is 4.52 Å². The minimum atomic E-state index is -3.58. The van der Waals surface area contributed by atoms with Gasteiger partial charge in [0.05, 0.1) is 11.7 Å². The molecule has 3 aromatic rings. The van der Waals surface area contributed by atoms with Crippen LogP contribution < -0.4 is 4.72 Å². The lowest BCUT2D eigenvalue weighted by molar-refractivity contribution is 0.418. The zero-order valence-corrected chi connectivity index (χ0v) is 12.6. The maximum Gasteiger partial charge on any atom is 0.242 e. The Labute approximate surface area is 128 Å². The number of benzene rings is 1. The highest BCUT2D eigenvalue weighted by Gasteiger charge is 2.17. The summed E-state index contributed by atoms with van der Waals surface area (Å²) in [6.45, 7) is 0.344. The number of hydrogen-bond acceptors (Lipinski definition) is 5. The molecule has 0 saturated heterocycles. The van der Waals surface area contributed by atoms with Crippen LogP contribution in [0.3, 0.4) is 0 Å². The molecule has 0 aliphatic carbocycles. The van der Waals surface area contributed by atoms with E-state index in [1.54, 1.807) is 36.9 Å². The van der Waals surface area contributed by atoms with Crippen LogP contribution in [0.4, 0.5) is 0 Å². The first-order valence-corrected chi connectivity index (χ1v) is 8.37. The summed E-state index contributed by atoms with van der Waals surface area (Å²) in [6, 6.07) is 8.75. The first-order chi connectivity index (χ1) is 10.7. The van der Waals surface area contributed by atoms with E-state index in [2.05, 4.69) is 14.9 Å². The summed E-state index contributed by atoms with van der Waals surface area (Å²) >= 11 is 0. The lowest BCUT2D eigenvalue weighted by Gasteiger charge is -2.08. The Balaban J connectivity index is 1.72. The Morgan fingerprint density at radius 2 is 2.05 bits per heavy atom. The number of sulfonamides is 1. The van der Waals surface area contributed by atoms with Gasteiger partial charge in [-0.15, -0.1) is 0 Å². The van der Waals surface area contributed by atoms with E-state index in [4.69, 9.17) is 4.52 Å². The van der Waals surface area contributed by atoms with Crippen LogP contribution in [0.25, 0.3) is 10.9 Å². The van der Waals surface area contributed by atoms with Crippen molar-refractivity contribution in [3.8, 4) is 0 Å². The minimum absolute atomic E-state index is 0.204. The van der Waals surface area contributed by atoms with Crippen molar-refractivity contribution in [1.29, 1.82) is 0 Å². The number of aryl methyl sites for hydroxylation is 1. The summed E-state index contributed by atoms with van der Waals surface area (Å²) in [5, 5.41) is 4.41. The van der Waals surface area contributed by atoms with E-state index >= 15 is 0 Å². The van der Waals surface area contributed by atoms with Gasteiger partial charge in [-0.25, -0.2) is 13.1 Å². The molecule has 114 valence electrons. The van der Waals surface area contributed by atoms with Gasteiger partial charge in [-0.2, -0.15) is 0 Å². The third kappa shape index (κ3) is 3.15. The zero-order chi connectivity index (χ0) is 15.4. The molecule has 0 bridgehead atoms. The maximum atomic E-state index is 12.4. The summed E-state index contributed by atoms with van der Waals surface area (Å²) in [5.74, 6) is 0. The van der Waals surface area contributed by atoms with Gasteiger partial charge in [0.2, 0.25) is 10.0 Å². The van der Waals surface area contributed by atoms with E-state index in [1.807, 2.05) is 12.1 Å². The van der Waals surface area contributed by atoms with Gasteiger partial charge in [0.15, 0.2) is 0 Å². The predicted molar refractivity (Wildman–Crippen MR) is 81.8 cm³/mol. The average molecular weight is 317 g/mol. The van der Waals surface area contributed by atoms with Gasteiger partial charge in [-0.05, 0) is 25.0 Å². The first-order valence-electron chi connectivity index (χ1n) is 6.88. The molecule has 0 aliphatic rings. The van der Waals surface area contributed by atoms with E-state index in [0.717, 1.165) is 10.9 Å². The fourth-order valence-electron chi connectivity index (χ4n) is 2.22. The molecular formula is C15H15N3O3S. The fourth-order valence-corrected chi connectivity index (χ4v) is 3.47. The second kappa shape index (κ2) is 6.25. The van der Waals surface area contributed by atoms with Crippen LogP contribution in [0.2, 0.25) is 0 Å². The lowest BCUT2D eigenvalue weighted by Crippen LogP contribution is -2.25. The monoisotopic (exact) mass is 317 g/mol. The Bertz CT molecular complexity index is 855. The van der Waals surface area contributed by atoms with Crippen LogP contribution in [0.15, 0.2) is 58.4 Å². The quantitative estimate of drug-likeness (QED) is 0.704. The second-order valence-electron chi connectivity index (χ2n) is 4.87. The average Bonchev–Trinajstić information content (AvgIpc) is 3.04. The molecule has 3 rings (SSSR count). The highest BCUT2D eigenvalue weighted by Crippen LogP contribution is 2.20. The Morgan fingerprint density at radius 1 is 1.18 bits per heavy atom. The highest BCUT2D eigenvalue weighted by atomic mass is 32.2. The molecule has 0 radical (unpaired) electrons. The number of fused-ring (bicyclic) bond motifs is 1. The number of nitrogens with one attached hydrogen (secondary N) is 1. The van der Waals surface area contributed by atoms with Gasteiger partial charge >= 0.3 is 0 Å². The molecule has 0 amide bonds. The van der Waals surface area contributed by atoms with E-state index in [0.29, 0.717) is 24.9 Å². The van der Waals surface area contributed by atoms with Crippen molar-refractivity contribution in [2.45, 2.75) is 17.7 Å². The van der Waals surface area contributed by atoms with Crippen molar-refractivity contribution in [2.75, 3.05) is 6.54 Å². The smallest absolute Gasteiger partial charge is 0.242 e. The van der Waals surface area contributed by atoms with Gasteiger partial charge in [0, 0.05) is 23.7 Å². The molecule has 7 heteroatoms. The van der Waals surface area contributed by atoms with E-state index in [1.165, 1.54) is 0 Å². The Morgan fingerprint density at radius 3 is 2.86 bits per heavy atom. The largest absolute Gasteiger partial charge is 0.364 e. The Kier molecular flexibility index (Phi) is 4.17. The van der Waals surface area contributed by atoms with Crippen LogP contribution in [0.1, 0.15) is 12.0 Å². The summed E-state index contributed by atoms with van der Waals surface area (Å²) in [7, 11) is -3.58. The molecule has 0 aliphatic heterocycles. The van der Waals surface area contributed by atoms with Gasteiger partial charge in [-0.1, -0.05) is 23.4 Å². The Hall–Kier alpha value is -2.25. The summed E-state index contributed by atoms with van der Waals surface area (Å²) in [5.41, 5.74) is 1.43. The molecule has 2 aromatic heterocycles. The van der Waals surface area contributed by atoms with Crippen LogP contribution in [0, 0.1) is 0 Å². The maximum absolute atomic E-state index is 12.4. The molecule has 0 fully saturated rings. The van der Waals surface area contributed by atoms with E-state index < -0.39 is 10.0 Å².